The number of hydrogen-bond acceptors (Lipinski definition) is 5. The molecule has 4 rings (SSSR count). The van der Waals surface area contributed by atoms with Crippen LogP contribution in [0, 0.1) is 5.82 Å². The smallest absolute Gasteiger partial charge is 0.325 e. The highest BCUT2D eigenvalue weighted by molar-refractivity contribution is 7.91. The molecule has 0 aliphatic carbocycles. The molecule has 2 aliphatic rings. The summed E-state index contributed by atoms with van der Waals surface area (Å²) < 4.78 is 36.8. The first kappa shape index (κ1) is 18.4. The highest BCUT2D eigenvalue weighted by Crippen LogP contribution is 2.30. The number of carbonyl (C=O) groups is 1. The van der Waals surface area contributed by atoms with Gasteiger partial charge in [0.15, 0.2) is 9.84 Å². The first-order chi connectivity index (χ1) is 12.8. The molecular formula is C18H22FN3O4S. The van der Waals surface area contributed by atoms with Gasteiger partial charge in [-0.05, 0) is 24.6 Å². The van der Waals surface area contributed by atoms with Crippen LogP contribution in [0.15, 0.2) is 24.4 Å². The average molecular weight is 395 g/mol. The Morgan fingerprint density at radius 3 is 2.63 bits per heavy atom. The van der Waals surface area contributed by atoms with Crippen molar-refractivity contribution in [3.63, 3.8) is 0 Å². The molecule has 3 heterocycles. The van der Waals surface area contributed by atoms with Crippen molar-refractivity contribution in [1.29, 1.82) is 0 Å². The molecule has 7 nitrogen and oxygen atoms in total. The van der Waals surface area contributed by atoms with E-state index in [1.165, 1.54) is 12.1 Å². The third kappa shape index (κ3) is 3.59. The molecule has 2 aliphatic heterocycles. The predicted octanol–water partition coefficient (Wildman–Crippen LogP) is 1.24. The van der Waals surface area contributed by atoms with E-state index in [0.29, 0.717) is 49.1 Å². The predicted molar refractivity (Wildman–Crippen MR) is 98.8 cm³/mol. The van der Waals surface area contributed by atoms with Gasteiger partial charge < -0.3 is 10.1 Å². The van der Waals surface area contributed by atoms with Crippen molar-refractivity contribution < 1.29 is 22.7 Å². The number of fused-ring (bicyclic) bond motifs is 1. The Morgan fingerprint density at radius 2 is 2.00 bits per heavy atom. The van der Waals surface area contributed by atoms with E-state index in [9.17, 15) is 22.7 Å². The summed E-state index contributed by atoms with van der Waals surface area (Å²) in [6, 6.07) is 3.51. The molecular weight excluding hydrogens is 373 g/mol. The first-order valence-electron chi connectivity index (χ1n) is 9.02. The molecule has 9 heteroatoms. The van der Waals surface area contributed by atoms with Crippen LogP contribution in [0.2, 0.25) is 0 Å². The van der Waals surface area contributed by atoms with Gasteiger partial charge in [0, 0.05) is 54.9 Å². The second kappa shape index (κ2) is 6.88. The topological polar surface area (TPSA) is 93.7 Å². The number of rotatable bonds is 4. The number of carboxylic acids is 1. The third-order valence-electron chi connectivity index (χ3n) is 5.64. The minimum absolute atomic E-state index is 0.0384. The number of carboxylic acid groups (broad SMARTS) is 1. The minimum Gasteiger partial charge on any atom is -0.480 e. The lowest BCUT2D eigenvalue weighted by Gasteiger charge is -2.39. The number of aliphatic carboxylic acids is 1. The average Bonchev–Trinajstić information content (AvgIpc) is 3.18. The summed E-state index contributed by atoms with van der Waals surface area (Å²) >= 11 is 0. The van der Waals surface area contributed by atoms with Crippen LogP contribution in [0.1, 0.15) is 18.0 Å². The largest absolute Gasteiger partial charge is 0.480 e. The maximum atomic E-state index is 13.4. The van der Waals surface area contributed by atoms with Gasteiger partial charge in [-0.25, -0.2) is 12.8 Å². The molecule has 0 unspecified atom stereocenters. The van der Waals surface area contributed by atoms with Crippen molar-refractivity contribution in [3.05, 3.63) is 35.8 Å². The van der Waals surface area contributed by atoms with Gasteiger partial charge in [0.05, 0.1) is 11.5 Å². The minimum atomic E-state index is -2.94. The third-order valence-corrected chi connectivity index (χ3v) is 7.39. The van der Waals surface area contributed by atoms with Crippen LogP contribution < -0.4 is 0 Å². The number of nitrogens with one attached hydrogen (secondary N) is 1. The van der Waals surface area contributed by atoms with Crippen LogP contribution in [0.4, 0.5) is 4.39 Å². The molecule has 0 spiro atoms. The number of piperazine rings is 1. The molecule has 2 saturated heterocycles. The van der Waals surface area contributed by atoms with Crippen molar-refractivity contribution in [2.24, 2.45) is 0 Å². The van der Waals surface area contributed by atoms with E-state index in [1.807, 2.05) is 4.90 Å². The van der Waals surface area contributed by atoms with Gasteiger partial charge in [-0.2, -0.15) is 0 Å². The summed E-state index contributed by atoms with van der Waals surface area (Å²) in [6.07, 6.45) is 2.29. The maximum Gasteiger partial charge on any atom is 0.325 e. The normalized spacial score (nSPS) is 25.0. The Morgan fingerprint density at radius 1 is 1.26 bits per heavy atom. The van der Waals surface area contributed by atoms with E-state index in [4.69, 9.17) is 0 Å². The van der Waals surface area contributed by atoms with E-state index in [0.717, 1.165) is 0 Å². The van der Waals surface area contributed by atoms with E-state index in [2.05, 4.69) is 9.88 Å². The van der Waals surface area contributed by atoms with Gasteiger partial charge in [-0.1, -0.05) is 0 Å². The molecule has 2 atom stereocenters. The van der Waals surface area contributed by atoms with Crippen molar-refractivity contribution in [1.82, 2.24) is 14.8 Å². The first-order valence-corrected chi connectivity index (χ1v) is 10.8. The molecule has 2 fully saturated rings. The fraction of sp³-hybridized carbons (Fsp3) is 0.500. The van der Waals surface area contributed by atoms with Crippen LogP contribution in [0.25, 0.3) is 10.9 Å². The standard InChI is InChI=1S/C18H22FN3O4S/c19-12-1-2-14-15(10-20-16(14)9-12)17(18(23)24)22-6-4-21(5-7-22)13-3-8-27(25,26)11-13/h1-2,9-10,13,17,20H,3-8,11H2,(H,23,24)/t13-,17-/m0/s1. The maximum absolute atomic E-state index is 13.4. The molecule has 0 bridgehead atoms. The van der Waals surface area contributed by atoms with Crippen LogP contribution in [-0.2, 0) is 14.6 Å². The molecule has 2 N–H and O–H groups in total. The zero-order valence-corrected chi connectivity index (χ0v) is 15.6. The number of sulfone groups is 1. The molecule has 0 amide bonds. The van der Waals surface area contributed by atoms with Gasteiger partial charge >= 0.3 is 5.97 Å². The van der Waals surface area contributed by atoms with E-state index in [1.54, 1.807) is 12.3 Å². The lowest BCUT2D eigenvalue weighted by Crippen LogP contribution is -2.52. The zero-order valence-electron chi connectivity index (χ0n) is 14.8. The van der Waals surface area contributed by atoms with E-state index >= 15 is 0 Å². The quantitative estimate of drug-likeness (QED) is 0.809. The summed E-state index contributed by atoms with van der Waals surface area (Å²) in [4.78, 5) is 19.0. The number of hydrogen-bond donors (Lipinski definition) is 2. The van der Waals surface area contributed by atoms with Crippen molar-refractivity contribution >= 4 is 26.7 Å². The number of nitrogens with zero attached hydrogens (tertiary/aromatic N) is 2. The molecule has 2 aromatic rings. The number of aromatic nitrogens is 1. The van der Waals surface area contributed by atoms with Gasteiger partial charge in [0.2, 0.25) is 0 Å². The van der Waals surface area contributed by atoms with Crippen LogP contribution in [0.3, 0.4) is 0 Å². The van der Waals surface area contributed by atoms with Crippen molar-refractivity contribution in [3.8, 4) is 0 Å². The van der Waals surface area contributed by atoms with Gasteiger partial charge in [-0.15, -0.1) is 0 Å². The summed E-state index contributed by atoms with van der Waals surface area (Å²) in [5.41, 5.74) is 1.19. The molecule has 1 aromatic heterocycles. The highest BCUT2D eigenvalue weighted by Gasteiger charge is 2.37. The lowest BCUT2D eigenvalue weighted by atomic mass is 10.0. The number of benzene rings is 1. The molecule has 146 valence electrons. The highest BCUT2D eigenvalue weighted by atomic mass is 32.2. The monoisotopic (exact) mass is 395 g/mol. The Hall–Kier alpha value is -1.97. The van der Waals surface area contributed by atoms with Crippen molar-refractivity contribution in [2.75, 3.05) is 37.7 Å². The lowest BCUT2D eigenvalue weighted by molar-refractivity contribution is -0.144. The summed E-state index contributed by atoms with van der Waals surface area (Å²) in [5.74, 6) is -0.884. The van der Waals surface area contributed by atoms with E-state index in [-0.39, 0.29) is 23.4 Å². The molecule has 1 aromatic carbocycles. The number of aromatic amines is 1. The summed E-state index contributed by atoms with van der Waals surface area (Å²) in [5, 5.41) is 10.5. The molecule has 0 saturated carbocycles. The Bertz CT molecular complexity index is 966. The molecule has 0 radical (unpaired) electrons. The van der Waals surface area contributed by atoms with Crippen LogP contribution in [-0.4, -0.2) is 78.0 Å². The van der Waals surface area contributed by atoms with Gasteiger partial charge in [0.1, 0.15) is 11.9 Å². The van der Waals surface area contributed by atoms with Crippen LogP contribution in [0.5, 0.6) is 0 Å². The van der Waals surface area contributed by atoms with Gasteiger partial charge in [0.25, 0.3) is 0 Å². The van der Waals surface area contributed by atoms with Gasteiger partial charge in [-0.3, -0.25) is 14.6 Å². The second-order valence-corrected chi connectivity index (χ2v) is 9.53. The zero-order chi connectivity index (χ0) is 19.2. The van der Waals surface area contributed by atoms with E-state index < -0.39 is 21.8 Å². The Balaban J connectivity index is 1.51. The Kier molecular flexibility index (Phi) is 4.69. The number of H-pyrrole nitrogens is 1. The Labute approximate surface area is 156 Å². The van der Waals surface area contributed by atoms with Crippen molar-refractivity contribution in [2.45, 2.75) is 18.5 Å². The second-order valence-electron chi connectivity index (χ2n) is 7.30. The SMILES string of the molecule is O=C(O)[C@H](c1c[nH]c2cc(F)ccc12)N1CCN([C@H]2CCS(=O)(=O)C2)CC1. The fourth-order valence-corrected chi connectivity index (χ4v) is 6.02. The van der Waals surface area contributed by atoms with Crippen LogP contribution >= 0.6 is 0 Å². The summed E-state index contributed by atoms with van der Waals surface area (Å²) in [7, 11) is -2.94. The summed E-state index contributed by atoms with van der Waals surface area (Å²) in [6.45, 7) is 2.37. The molecule has 27 heavy (non-hydrogen) atoms. The number of halogens is 1. The fourth-order valence-electron chi connectivity index (χ4n) is 4.26.